The quantitative estimate of drug-likeness (QED) is 0.347. The molecule has 0 aliphatic carbocycles. The van der Waals surface area contributed by atoms with Gasteiger partial charge in [-0.25, -0.2) is 14.4 Å². The van der Waals surface area contributed by atoms with E-state index in [1.54, 1.807) is 30.3 Å². The minimum absolute atomic E-state index is 0.0269. The number of nitrogens with zero attached hydrogens (tertiary/aromatic N) is 4. The Morgan fingerprint density at radius 1 is 0.917 bits per heavy atom. The van der Waals surface area contributed by atoms with Crippen LogP contribution >= 0.6 is 11.6 Å². The van der Waals surface area contributed by atoms with Gasteiger partial charge in [-0.2, -0.15) is 0 Å². The number of carbonyl (C=O) groups is 1. The summed E-state index contributed by atoms with van der Waals surface area (Å²) in [5.41, 5.74) is 4.29. The molecule has 1 aromatic heterocycles. The third-order valence-electron chi connectivity index (χ3n) is 6.44. The fourth-order valence-corrected chi connectivity index (χ4v) is 4.72. The molecular formula is C29H26ClFN4O. The van der Waals surface area contributed by atoms with Crippen molar-refractivity contribution in [3.63, 3.8) is 0 Å². The molecule has 0 saturated carbocycles. The summed E-state index contributed by atoms with van der Waals surface area (Å²) in [7, 11) is 0. The van der Waals surface area contributed by atoms with Gasteiger partial charge in [0.2, 0.25) is 0 Å². The number of rotatable bonds is 5. The van der Waals surface area contributed by atoms with Crippen molar-refractivity contribution in [3.8, 4) is 11.4 Å². The van der Waals surface area contributed by atoms with Gasteiger partial charge in [-0.05, 0) is 42.8 Å². The molecule has 1 saturated heterocycles. The fraction of sp³-hybridized carbons (Fsp3) is 0.207. The first-order valence-corrected chi connectivity index (χ1v) is 12.3. The molecule has 0 N–H and O–H groups in total. The second-order valence-corrected chi connectivity index (χ2v) is 9.33. The van der Waals surface area contributed by atoms with E-state index < -0.39 is 0 Å². The fourth-order valence-electron chi connectivity index (χ4n) is 4.53. The summed E-state index contributed by atoms with van der Waals surface area (Å²) in [6, 6.07) is 23.6. The van der Waals surface area contributed by atoms with Crippen molar-refractivity contribution in [2.45, 2.75) is 13.3 Å². The van der Waals surface area contributed by atoms with E-state index in [-0.39, 0.29) is 11.7 Å². The van der Waals surface area contributed by atoms with E-state index >= 15 is 0 Å². The van der Waals surface area contributed by atoms with Crippen molar-refractivity contribution in [2.24, 2.45) is 0 Å². The first-order valence-electron chi connectivity index (χ1n) is 11.9. The van der Waals surface area contributed by atoms with Crippen LogP contribution in [0.15, 0.2) is 78.9 Å². The monoisotopic (exact) mass is 500 g/mol. The molecule has 0 unspecified atom stereocenters. The van der Waals surface area contributed by atoms with Gasteiger partial charge in [0.1, 0.15) is 11.6 Å². The molecule has 2 heterocycles. The van der Waals surface area contributed by atoms with Crippen LogP contribution in [0.1, 0.15) is 27.2 Å². The topological polar surface area (TPSA) is 49.3 Å². The third-order valence-corrected chi connectivity index (χ3v) is 6.67. The summed E-state index contributed by atoms with van der Waals surface area (Å²) in [6.45, 7) is 4.37. The maximum atomic E-state index is 13.9. The zero-order valence-corrected chi connectivity index (χ0v) is 20.8. The summed E-state index contributed by atoms with van der Waals surface area (Å²) in [5.74, 6) is 0.981. The normalized spacial score (nSPS) is 13.6. The lowest BCUT2D eigenvalue weighted by molar-refractivity contribution is 0.0746. The van der Waals surface area contributed by atoms with Crippen LogP contribution in [-0.2, 0) is 6.42 Å². The van der Waals surface area contributed by atoms with E-state index in [0.717, 1.165) is 17.1 Å². The SMILES string of the molecule is Cc1nc(-c2cccc(F)c2)nc(N2CCN(C(=O)c3cccc(Cl)c3)CC2)c1Cc1ccccc1. The van der Waals surface area contributed by atoms with Crippen molar-refractivity contribution >= 4 is 23.3 Å². The van der Waals surface area contributed by atoms with Crippen LogP contribution in [0.5, 0.6) is 0 Å². The highest BCUT2D eigenvalue weighted by atomic mass is 35.5. The van der Waals surface area contributed by atoms with E-state index in [9.17, 15) is 9.18 Å². The van der Waals surface area contributed by atoms with E-state index in [1.165, 1.54) is 17.7 Å². The number of halogens is 2. The molecule has 0 spiro atoms. The number of aromatic nitrogens is 2. The highest BCUT2D eigenvalue weighted by Crippen LogP contribution is 2.29. The van der Waals surface area contributed by atoms with E-state index in [4.69, 9.17) is 21.6 Å². The number of hydrogen-bond donors (Lipinski definition) is 0. The molecule has 5 rings (SSSR count). The van der Waals surface area contributed by atoms with E-state index in [2.05, 4.69) is 17.0 Å². The summed E-state index contributed by atoms with van der Waals surface area (Å²) in [5, 5.41) is 0.548. The van der Waals surface area contributed by atoms with Crippen LogP contribution in [0.25, 0.3) is 11.4 Å². The smallest absolute Gasteiger partial charge is 0.254 e. The van der Waals surface area contributed by atoms with Gasteiger partial charge in [-0.15, -0.1) is 0 Å². The Labute approximate surface area is 215 Å². The number of carbonyl (C=O) groups excluding carboxylic acids is 1. The molecule has 1 amide bonds. The minimum Gasteiger partial charge on any atom is -0.353 e. The van der Waals surface area contributed by atoms with Crippen molar-refractivity contribution < 1.29 is 9.18 Å². The molecule has 0 atom stereocenters. The number of piperazine rings is 1. The number of amides is 1. The van der Waals surface area contributed by atoms with Gasteiger partial charge in [0.05, 0.1) is 0 Å². The Hall–Kier alpha value is -3.77. The molecule has 1 aliphatic rings. The van der Waals surface area contributed by atoms with Crippen LogP contribution in [0.4, 0.5) is 10.2 Å². The predicted molar refractivity (Wildman–Crippen MR) is 141 cm³/mol. The molecule has 1 aliphatic heterocycles. The number of benzene rings is 3. The van der Waals surface area contributed by atoms with Gasteiger partial charge in [0.25, 0.3) is 5.91 Å². The summed E-state index contributed by atoms with van der Waals surface area (Å²) in [6.07, 6.45) is 0.688. The maximum Gasteiger partial charge on any atom is 0.254 e. The molecule has 3 aromatic carbocycles. The van der Waals surface area contributed by atoms with E-state index in [0.29, 0.717) is 54.6 Å². The van der Waals surface area contributed by atoms with Gasteiger partial charge in [0.15, 0.2) is 5.82 Å². The highest BCUT2D eigenvalue weighted by Gasteiger charge is 2.26. The second-order valence-electron chi connectivity index (χ2n) is 8.90. The van der Waals surface area contributed by atoms with Crippen molar-refractivity contribution in [3.05, 3.63) is 112 Å². The Kier molecular flexibility index (Phi) is 6.96. The average Bonchev–Trinajstić information content (AvgIpc) is 2.90. The Morgan fingerprint density at radius 3 is 2.39 bits per heavy atom. The molecule has 4 aromatic rings. The molecule has 36 heavy (non-hydrogen) atoms. The summed E-state index contributed by atoms with van der Waals surface area (Å²) in [4.78, 5) is 26.7. The van der Waals surface area contributed by atoms with Crippen LogP contribution in [0.3, 0.4) is 0 Å². The third kappa shape index (κ3) is 5.24. The summed E-state index contributed by atoms with van der Waals surface area (Å²) >= 11 is 6.09. The largest absolute Gasteiger partial charge is 0.353 e. The van der Waals surface area contributed by atoms with Gasteiger partial charge in [-0.1, -0.05) is 60.1 Å². The van der Waals surface area contributed by atoms with Gasteiger partial charge in [-0.3, -0.25) is 4.79 Å². The Bertz CT molecular complexity index is 1390. The van der Waals surface area contributed by atoms with Gasteiger partial charge < -0.3 is 9.80 Å². The second kappa shape index (κ2) is 10.5. The molecule has 5 nitrogen and oxygen atoms in total. The Morgan fingerprint density at radius 2 is 1.67 bits per heavy atom. The van der Waals surface area contributed by atoms with Crippen LogP contribution in [0.2, 0.25) is 5.02 Å². The molecule has 0 bridgehead atoms. The van der Waals surface area contributed by atoms with Crippen molar-refractivity contribution in [1.29, 1.82) is 0 Å². The highest BCUT2D eigenvalue weighted by molar-refractivity contribution is 6.30. The zero-order valence-electron chi connectivity index (χ0n) is 20.0. The standard InChI is InChI=1S/C29H26ClFN4O/c1-20-26(17-21-7-3-2-4-8-21)28(33-27(32-20)22-9-6-12-25(31)19-22)34-13-15-35(16-14-34)29(36)23-10-5-11-24(30)18-23/h2-12,18-19H,13-17H2,1H3. The molecule has 7 heteroatoms. The number of anilines is 1. The van der Waals surface area contributed by atoms with E-state index in [1.807, 2.05) is 36.1 Å². The minimum atomic E-state index is -0.322. The van der Waals surface area contributed by atoms with Crippen LogP contribution in [0, 0.1) is 12.7 Å². The lowest BCUT2D eigenvalue weighted by Gasteiger charge is -2.36. The Balaban J connectivity index is 1.45. The molecular weight excluding hydrogens is 475 g/mol. The predicted octanol–water partition coefficient (Wildman–Crippen LogP) is 5.80. The molecule has 0 radical (unpaired) electrons. The molecule has 1 fully saturated rings. The van der Waals surface area contributed by atoms with Gasteiger partial charge in [0, 0.05) is 60.0 Å². The van der Waals surface area contributed by atoms with Crippen LogP contribution in [-0.4, -0.2) is 47.0 Å². The zero-order chi connectivity index (χ0) is 25.1. The maximum absolute atomic E-state index is 13.9. The lowest BCUT2D eigenvalue weighted by Crippen LogP contribution is -2.49. The number of aryl methyl sites for hydroxylation is 1. The summed E-state index contributed by atoms with van der Waals surface area (Å²) < 4.78 is 13.9. The van der Waals surface area contributed by atoms with Crippen molar-refractivity contribution in [2.75, 3.05) is 31.1 Å². The van der Waals surface area contributed by atoms with Crippen LogP contribution < -0.4 is 4.90 Å². The van der Waals surface area contributed by atoms with Gasteiger partial charge >= 0.3 is 0 Å². The first kappa shape index (κ1) is 23.9. The number of hydrogen-bond acceptors (Lipinski definition) is 4. The lowest BCUT2D eigenvalue weighted by atomic mass is 10.0. The average molecular weight is 501 g/mol. The van der Waals surface area contributed by atoms with Crippen molar-refractivity contribution in [1.82, 2.24) is 14.9 Å². The molecule has 182 valence electrons. The first-order chi connectivity index (χ1) is 17.5.